The zero-order chi connectivity index (χ0) is 8.41. The van der Waals surface area contributed by atoms with Gasteiger partial charge in [0, 0.05) is 0 Å². The lowest BCUT2D eigenvalue weighted by molar-refractivity contribution is 0.355. The van der Waals surface area contributed by atoms with Crippen LogP contribution in [0, 0.1) is 0 Å². The van der Waals surface area contributed by atoms with Gasteiger partial charge in [-0.1, -0.05) is 0 Å². The smallest absolute Gasteiger partial charge is 0.379 e. The van der Waals surface area contributed by atoms with Crippen LogP contribution in [0.1, 0.15) is 0 Å². The largest absolute Gasteiger partial charge is 0.453 e. The van der Waals surface area contributed by atoms with Gasteiger partial charge in [0.05, 0.1) is 0 Å². The molecule has 0 aliphatic heterocycles. The molecule has 0 aromatic rings. The van der Waals surface area contributed by atoms with Gasteiger partial charge in [0.1, 0.15) is 0 Å². The van der Waals surface area contributed by atoms with Gasteiger partial charge in [-0.2, -0.15) is 0 Å². The van der Waals surface area contributed by atoms with Gasteiger partial charge >= 0.3 is 7.83 Å². The van der Waals surface area contributed by atoms with E-state index in [0.29, 0.717) is 4.49 Å². The van der Waals surface area contributed by atoms with Crippen LogP contribution in [-0.4, -0.2) is 24.4 Å². The second-order valence-corrected chi connectivity index (χ2v) is 4.56. The maximum Gasteiger partial charge on any atom is 0.453 e. The number of hydrogen-bond donors (Lipinski definition) is 3. The number of aliphatic hydroxyl groups is 1. The molecule has 3 N–H and O–H groups in total. The van der Waals surface area contributed by atoms with Crippen molar-refractivity contribution in [1.29, 1.82) is 0 Å². The first kappa shape index (κ1) is 9.99. The second-order valence-electron chi connectivity index (χ2n) is 1.34. The quantitative estimate of drug-likeness (QED) is 0.495. The van der Waals surface area contributed by atoms with Crippen LogP contribution in [0.25, 0.3) is 0 Å². The summed E-state index contributed by atoms with van der Waals surface area (Å²) in [5.41, 5.74) is 0. The monoisotopic (exact) mass is 193 g/mol. The number of aliphatic hydroxyl groups excluding tert-OH is 1. The van der Waals surface area contributed by atoms with Crippen molar-refractivity contribution >= 4 is 17.9 Å². The van der Waals surface area contributed by atoms with Crippen molar-refractivity contribution in [2.75, 3.05) is 5.94 Å². The minimum Gasteiger partial charge on any atom is -0.379 e. The molecule has 0 spiro atoms. The Bertz CT molecular complexity index is 240. The third-order valence-corrected chi connectivity index (χ3v) is 2.78. The van der Waals surface area contributed by atoms with E-state index in [1.807, 2.05) is 0 Å². The van der Waals surface area contributed by atoms with E-state index in [2.05, 4.69) is 0 Å². The molecule has 0 radical (unpaired) electrons. The van der Waals surface area contributed by atoms with E-state index in [-0.39, 0.29) is 0 Å². The molecular weight excluding hydrogens is 188 g/mol. The van der Waals surface area contributed by atoms with Gasteiger partial charge in [0.15, 0.2) is 5.94 Å². The van der Waals surface area contributed by atoms with Crippen molar-refractivity contribution < 1.29 is 27.2 Å². The van der Waals surface area contributed by atoms with Gasteiger partial charge < -0.3 is 10.00 Å². The summed E-state index contributed by atoms with van der Waals surface area (Å²) in [5, 5.41) is 7.91. The van der Waals surface area contributed by atoms with Crippen molar-refractivity contribution in [3.05, 3.63) is 0 Å². The molecule has 0 aliphatic rings. The zero-order valence-corrected chi connectivity index (χ0v) is 6.27. The van der Waals surface area contributed by atoms with Crippen LogP contribution in [0.3, 0.4) is 0 Å². The van der Waals surface area contributed by atoms with E-state index in [0.717, 1.165) is 0 Å². The van der Waals surface area contributed by atoms with Crippen LogP contribution >= 0.6 is 7.83 Å². The summed E-state index contributed by atoms with van der Waals surface area (Å²) in [5.74, 6) is -1.43. The molecule has 0 bridgehead atoms. The van der Waals surface area contributed by atoms with Crippen molar-refractivity contribution in [2.24, 2.45) is 0 Å². The van der Waals surface area contributed by atoms with E-state index >= 15 is 0 Å². The molecule has 0 fully saturated rings. The van der Waals surface area contributed by atoms with Gasteiger partial charge in [0.2, 0.25) is 10.0 Å². The Labute approximate surface area is 56.4 Å². The van der Waals surface area contributed by atoms with Crippen molar-refractivity contribution in [3.63, 3.8) is 0 Å². The molecule has 1 unspecified atom stereocenters. The van der Waals surface area contributed by atoms with Gasteiger partial charge in [-0.15, -0.1) is 8.69 Å². The van der Waals surface area contributed by atoms with Crippen molar-refractivity contribution in [2.45, 2.75) is 0 Å². The highest BCUT2D eigenvalue weighted by atomic mass is 32.2. The second kappa shape index (κ2) is 2.93. The summed E-state index contributed by atoms with van der Waals surface area (Å²) in [4.78, 5) is 7.77. The van der Waals surface area contributed by atoms with E-state index in [1.165, 1.54) is 0 Å². The Morgan fingerprint density at radius 2 is 2.00 bits per heavy atom. The van der Waals surface area contributed by atoms with Crippen molar-refractivity contribution in [1.82, 2.24) is 4.49 Å². The Kier molecular flexibility index (Phi) is 2.93. The first-order valence-electron chi connectivity index (χ1n) is 1.92. The first-order chi connectivity index (χ1) is 4.27. The lowest BCUT2D eigenvalue weighted by atomic mass is 11.7. The third kappa shape index (κ3) is 4.83. The maximum absolute atomic E-state index is 11.6. The van der Waals surface area contributed by atoms with E-state index in [4.69, 9.17) is 10.00 Å². The molecule has 1 atom stereocenters. The van der Waals surface area contributed by atoms with Crippen LogP contribution in [0.4, 0.5) is 4.20 Å². The highest BCUT2D eigenvalue weighted by molar-refractivity contribution is 7.94. The molecule has 62 valence electrons. The average molecular weight is 193 g/mol. The molecule has 0 amide bonds. The molecule has 0 aromatic heterocycles. The standard InChI is InChI=1S/CH5FNO5PS/c2-9(5,6)3-10(7,8)1-4/h4H,1H2,(H2,3,5,6). The number of halogens is 1. The Morgan fingerprint density at radius 1 is 1.60 bits per heavy atom. The molecular formula is CH5FNO5PS. The molecule has 0 aliphatic carbocycles. The van der Waals surface area contributed by atoms with Crippen LogP contribution in [0.5, 0.6) is 0 Å². The third-order valence-electron chi connectivity index (χ3n) is 0.422. The summed E-state index contributed by atoms with van der Waals surface area (Å²) < 4.78 is 42.1. The summed E-state index contributed by atoms with van der Waals surface area (Å²) in [7, 11) is -9.66. The normalized spacial score (nSPS) is 18.3. The molecule has 10 heavy (non-hydrogen) atoms. The van der Waals surface area contributed by atoms with Crippen LogP contribution in [0.15, 0.2) is 0 Å². The fraction of sp³-hybridized carbons (Fsp3) is 1.00. The minimum absolute atomic E-state index is 0.712. The maximum atomic E-state index is 11.6. The molecule has 0 saturated heterocycles. The molecule has 0 aromatic carbocycles. The highest BCUT2D eigenvalue weighted by Crippen LogP contribution is 2.37. The highest BCUT2D eigenvalue weighted by Gasteiger charge is 2.23. The summed E-state index contributed by atoms with van der Waals surface area (Å²) in [6.07, 6.45) is 0. The summed E-state index contributed by atoms with van der Waals surface area (Å²) in [6, 6.07) is 0. The number of rotatable bonds is 3. The Hall–Kier alpha value is -0.0100. The Morgan fingerprint density at radius 3 is 2.10 bits per heavy atom. The van der Waals surface area contributed by atoms with Gasteiger partial charge in [0.25, 0.3) is 0 Å². The topological polar surface area (TPSA) is 104 Å². The predicted octanol–water partition coefficient (Wildman–Crippen LogP) is -1.07. The minimum atomic E-state index is -5.30. The van der Waals surface area contributed by atoms with E-state index < -0.39 is 23.8 Å². The van der Waals surface area contributed by atoms with E-state index in [9.17, 15) is 17.2 Å². The molecule has 0 heterocycles. The van der Waals surface area contributed by atoms with Crippen LogP contribution < -0.4 is 4.49 Å². The van der Waals surface area contributed by atoms with Gasteiger partial charge in [-0.25, -0.2) is 13.0 Å². The fourth-order valence-corrected chi connectivity index (χ4v) is 1.80. The van der Waals surface area contributed by atoms with E-state index in [1.54, 1.807) is 0 Å². The van der Waals surface area contributed by atoms with Gasteiger partial charge in [-0.3, -0.25) is 0 Å². The molecule has 6 nitrogen and oxygen atoms in total. The lowest BCUT2D eigenvalue weighted by Gasteiger charge is -2.01. The summed E-state index contributed by atoms with van der Waals surface area (Å²) in [6.45, 7) is 0. The van der Waals surface area contributed by atoms with Crippen LogP contribution in [-0.2, 0) is 14.6 Å². The molecule has 0 saturated carbocycles. The number of hydrogen-bond acceptors (Lipinski definition) is 4. The average Bonchev–Trinajstić information content (AvgIpc) is 1.60. The molecule has 9 heteroatoms. The predicted molar refractivity (Wildman–Crippen MR) is 30.1 cm³/mol. The Balaban J connectivity index is 4.33. The van der Waals surface area contributed by atoms with Gasteiger partial charge in [-0.05, 0) is 0 Å². The van der Waals surface area contributed by atoms with Crippen molar-refractivity contribution in [3.8, 4) is 0 Å². The number of sulfonamides is 1. The molecule has 0 rings (SSSR count). The zero-order valence-electron chi connectivity index (χ0n) is 4.56. The lowest BCUT2D eigenvalue weighted by Crippen LogP contribution is -2.21. The SMILES string of the molecule is O=P(O)(F)NS(=O)(=O)CO. The summed E-state index contributed by atoms with van der Waals surface area (Å²) >= 11 is 0. The van der Waals surface area contributed by atoms with Crippen LogP contribution in [0.2, 0.25) is 0 Å². The fourth-order valence-electron chi connectivity index (χ4n) is 0.200. The number of nitrogens with one attached hydrogen (secondary N) is 1. The first-order valence-corrected chi connectivity index (χ1v) is 5.12.